The van der Waals surface area contributed by atoms with Gasteiger partial charge in [0.05, 0.1) is 12.9 Å². The number of guanidine groups is 1. The second-order valence-electron chi connectivity index (χ2n) is 6.33. The Morgan fingerprint density at radius 1 is 1.21 bits per heavy atom. The minimum Gasteiger partial charge on any atom is -0.450 e. The van der Waals surface area contributed by atoms with Crippen molar-refractivity contribution in [2.45, 2.75) is 26.3 Å². The highest BCUT2D eigenvalue weighted by Gasteiger charge is 2.26. The van der Waals surface area contributed by atoms with Crippen LogP contribution in [0.15, 0.2) is 4.99 Å². The summed E-state index contributed by atoms with van der Waals surface area (Å²) in [4.78, 5) is 19.6. The van der Waals surface area contributed by atoms with E-state index in [1.165, 1.54) is 0 Å². The van der Waals surface area contributed by atoms with Crippen molar-refractivity contribution >= 4 is 22.1 Å². The van der Waals surface area contributed by atoms with Gasteiger partial charge in [-0.05, 0) is 20.8 Å². The van der Waals surface area contributed by atoms with Crippen LogP contribution in [0.4, 0.5) is 4.79 Å². The maximum atomic E-state index is 11.7. The quantitative estimate of drug-likeness (QED) is 0.512. The molecule has 1 aliphatic rings. The van der Waals surface area contributed by atoms with E-state index >= 15 is 0 Å². The summed E-state index contributed by atoms with van der Waals surface area (Å²) in [5.74, 6) is 0.682. The molecule has 24 heavy (non-hydrogen) atoms. The smallest absolute Gasteiger partial charge is 0.409 e. The molecule has 0 aromatic rings. The Morgan fingerprint density at radius 3 is 2.21 bits per heavy atom. The highest BCUT2D eigenvalue weighted by Crippen LogP contribution is 2.06. The number of carbonyl (C=O) groups is 1. The molecule has 0 saturated carbocycles. The normalized spacial score (nSPS) is 17.0. The average Bonchev–Trinajstić information content (AvgIpc) is 2.46. The fourth-order valence-electron chi connectivity index (χ4n) is 2.49. The summed E-state index contributed by atoms with van der Waals surface area (Å²) < 4.78 is 30.4. The number of piperazine rings is 1. The zero-order valence-electron chi connectivity index (χ0n) is 15.1. The molecule has 1 fully saturated rings. The second-order valence-corrected chi connectivity index (χ2v) is 8.08. The Bertz CT molecular complexity index is 554. The van der Waals surface area contributed by atoms with E-state index in [9.17, 15) is 13.2 Å². The van der Waals surface area contributed by atoms with Gasteiger partial charge in [-0.2, -0.15) is 0 Å². The molecule has 1 rings (SSSR count). The molecule has 1 aliphatic heterocycles. The number of ether oxygens (including phenoxy) is 1. The van der Waals surface area contributed by atoms with Gasteiger partial charge >= 0.3 is 6.09 Å². The number of amides is 1. The largest absolute Gasteiger partial charge is 0.450 e. The van der Waals surface area contributed by atoms with Gasteiger partial charge in [-0.1, -0.05) is 0 Å². The molecule has 0 bridgehead atoms. The van der Waals surface area contributed by atoms with Gasteiger partial charge in [0, 0.05) is 45.3 Å². The van der Waals surface area contributed by atoms with Crippen LogP contribution in [0.5, 0.6) is 0 Å². The standard InChI is InChI=1S/C14H29N5O4S/c1-6-23-13(20)19-9-7-18(8-10-19)12(15-4)16-11-14(2,3)17-24(5,21)22/h17H,6-11H2,1-5H3,(H,15,16). The summed E-state index contributed by atoms with van der Waals surface area (Å²) in [6.07, 6.45) is 0.844. The molecule has 1 heterocycles. The van der Waals surface area contributed by atoms with E-state index in [0.29, 0.717) is 45.3 Å². The van der Waals surface area contributed by atoms with Gasteiger partial charge in [-0.15, -0.1) is 0 Å². The van der Waals surface area contributed by atoms with E-state index in [2.05, 4.69) is 15.0 Å². The Labute approximate surface area is 144 Å². The van der Waals surface area contributed by atoms with Crippen LogP contribution in [-0.2, 0) is 14.8 Å². The van der Waals surface area contributed by atoms with Crippen molar-refractivity contribution in [3.05, 3.63) is 0 Å². The van der Waals surface area contributed by atoms with Crippen molar-refractivity contribution < 1.29 is 17.9 Å². The SMILES string of the molecule is CCOC(=O)N1CCN(C(=NC)NCC(C)(C)NS(C)(=O)=O)CC1. The van der Waals surface area contributed by atoms with Crippen molar-refractivity contribution in [3.8, 4) is 0 Å². The van der Waals surface area contributed by atoms with Crippen molar-refractivity contribution in [3.63, 3.8) is 0 Å². The Hall–Kier alpha value is -1.55. The van der Waals surface area contributed by atoms with Crippen molar-refractivity contribution in [2.24, 2.45) is 4.99 Å². The first-order valence-corrected chi connectivity index (χ1v) is 9.83. The van der Waals surface area contributed by atoms with E-state index < -0.39 is 15.6 Å². The van der Waals surface area contributed by atoms with Crippen LogP contribution < -0.4 is 10.0 Å². The first kappa shape index (κ1) is 20.5. The number of nitrogens with one attached hydrogen (secondary N) is 2. The number of nitrogens with zero attached hydrogens (tertiary/aromatic N) is 3. The van der Waals surface area contributed by atoms with Gasteiger partial charge in [0.15, 0.2) is 5.96 Å². The fraction of sp³-hybridized carbons (Fsp3) is 0.857. The predicted molar refractivity (Wildman–Crippen MR) is 93.6 cm³/mol. The molecule has 0 aliphatic carbocycles. The third-order valence-corrected chi connectivity index (χ3v) is 4.39. The lowest BCUT2D eigenvalue weighted by molar-refractivity contribution is 0.0914. The molecule has 2 N–H and O–H groups in total. The van der Waals surface area contributed by atoms with E-state index in [0.717, 1.165) is 6.26 Å². The fourth-order valence-corrected chi connectivity index (χ4v) is 3.56. The number of rotatable bonds is 5. The molecule has 0 atom stereocenters. The average molecular weight is 363 g/mol. The number of carbonyl (C=O) groups excluding carboxylic acids is 1. The van der Waals surface area contributed by atoms with Gasteiger partial charge in [0.2, 0.25) is 10.0 Å². The highest BCUT2D eigenvalue weighted by atomic mass is 32.2. The Balaban J connectivity index is 2.53. The number of sulfonamides is 1. The topological polar surface area (TPSA) is 103 Å². The summed E-state index contributed by atoms with van der Waals surface area (Å²) in [6, 6.07) is 0. The third-order valence-electron chi connectivity index (χ3n) is 3.47. The van der Waals surface area contributed by atoms with Gasteiger partial charge in [0.1, 0.15) is 0 Å². The maximum Gasteiger partial charge on any atom is 0.409 e. The van der Waals surface area contributed by atoms with E-state index in [4.69, 9.17) is 4.74 Å². The van der Waals surface area contributed by atoms with Crippen LogP contribution in [0, 0.1) is 0 Å². The number of aliphatic imine (C=N–C) groups is 1. The lowest BCUT2D eigenvalue weighted by Crippen LogP contribution is -2.57. The molecule has 1 amide bonds. The highest BCUT2D eigenvalue weighted by molar-refractivity contribution is 7.88. The third kappa shape index (κ3) is 6.91. The van der Waals surface area contributed by atoms with E-state index in [1.54, 1.807) is 32.7 Å². The molecule has 0 aromatic heterocycles. The van der Waals surface area contributed by atoms with Gasteiger partial charge in [-0.25, -0.2) is 17.9 Å². The lowest BCUT2D eigenvalue weighted by atomic mass is 10.1. The minimum atomic E-state index is -3.29. The molecule has 0 spiro atoms. The van der Waals surface area contributed by atoms with Crippen LogP contribution >= 0.6 is 0 Å². The Morgan fingerprint density at radius 2 is 1.75 bits per heavy atom. The monoisotopic (exact) mass is 363 g/mol. The van der Waals surface area contributed by atoms with E-state index in [-0.39, 0.29) is 6.09 Å². The number of hydrogen-bond acceptors (Lipinski definition) is 5. The second kappa shape index (κ2) is 8.52. The molecule has 0 aromatic carbocycles. The molecule has 9 nitrogen and oxygen atoms in total. The minimum absolute atomic E-state index is 0.293. The molecular formula is C14H29N5O4S. The van der Waals surface area contributed by atoms with E-state index in [1.807, 2.05) is 4.90 Å². The van der Waals surface area contributed by atoms with Crippen LogP contribution in [0.25, 0.3) is 0 Å². The molecule has 0 unspecified atom stereocenters. The summed E-state index contributed by atoms with van der Waals surface area (Å²) in [5, 5.41) is 3.19. The van der Waals surface area contributed by atoms with Crippen LogP contribution in [0.1, 0.15) is 20.8 Å². The summed E-state index contributed by atoms with van der Waals surface area (Å²) >= 11 is 0. The zero-order chi connectivity index (χ0) is 18.4. The van der Waals surface area contributed by atoms with Crippen LogP contribution in [-0.4, -0.2) is 88.4 Å². The first-order chi connectivity index (χ1) is 11.1. The van der Waals surface area contributed by atoms with Gasteiger partial charge in [-0.3, -0.25) is 4.99 Å². The molecule has 140 valence electrons. The molecular weight excluding hydrogens is 334 g/mol. The first-order valence-electron chi connectivity index (χ1n) is 7.94. The van der Waals surface area contributed by atoms with Crippen LogP contribution in [0.3, 0.4) is 0 Å². The van der Waals surface area contributed by atoms with Crippen molar-refractivity contribution in [1.29, 1.82) is 0 Å². The molecule has 0 radical (unpaired) electrons. The summed E-state index contributed by atoms with van der Waals surface area (Å²) in [7, 11) is -1.61. The summed E-state index contributed by atoms with van der Waals surface area (Å²) in [6.45, 7) is 8.54. The Kier molecular flexibility index (Phi) is 7.27. The predicted octanol–water partition coefficient (Wildman–Crippen LogP) is -0.336. The van der Waals surface area contributed by atoms with Gasteiger partial charge < -0.3 is 19.9 Å². The molecule has 1 saturated heterocycles. The van der Waals surface area contributed by atoms with Crippen molar-refractivity contribution in [1.82, 2.24) is 19.8 Å². The maximum absolute atomic E-state index is 11.7. The lowest BCUT2D eigenvalue weighted by Gasteiger charge is -2.37. The number of hydrogen-bond donors (Lipinski definition) is 2. The van der Waals surface area contributed by atoms with Crippen molar-refractivity contribution in [2.75, 3.05) is 52.6 Å². The zero-order valence-corrected chi connectivity index (χ0v) is 15.9. The van der Waals surface area contributed by atoms with Crippen LogP contribution in [0.2, 0.25) is 0 Å². The molecule has 10 heteroatoms. The van der Waals surface area contributed by atoms with Gasteiger partial charge in [0.25, 0.3) is 0 Å². The summed E-state index contributed by atoms with van der Waals surface area (Å²) in [5.41, 5.74) is -0.643.